The number of amides is 1. The molecular weight excluding hydrogens is 586 g/mol. The molecule has 1 aliphatic heterocycles. The summed E-state index contributed by atoms with van der Waals surface area (Å²) in [6.45, 7) is 2.25. The van der Waals surface area contributed by atoms with Gasteiger partial charge in [0.25, 0.3) is 5.91 Å². The molecule has 1 saturated heterocycles. The number of Topliss-reactive ketones (excluding diaryl/α,β-unsaturated/α-hetero) is 2. The van der Waals surface area contributed by atoms with Gasteiger partial charge in [-0.25, -0.2) is 0 Å². The lowest BCUT2D eigenvalue weighted by Gasteiger charge is -2.51. The first-order valence-corrected chi connectivity index (χ1v) is 16.5. The molecule has 12 heteroatoms. The third-order valence-corrected chi connectivity index (χ3v) is 11.6. The topological polar surface area (TPSA) is 160 Å². The molecule has 4 aliphatic carbocycles. The molecule has 1 amide bonds. The van der Waals surface area contributed by atoms with Crippen molar-refractivity contribution >= 4 is 35.0 Å². The minimum absolute atomic E-state index is 0.0822. The van der Waals surface area contributed by atoms with Crippen LogP contribution in [0.25, 0.3) is 5.76 Å². The first-order valence-electron chi connectivity index (χ1n) is 15.4. The van der Waals surface area contributed by atoms with Crippen LogP contribution in [-0.2, 0) is 19.1 Å². The van der Waals surface area contributed by atoms with Crippen molar-refractivity contribution in [3.8, 4) is 5.75 Å². The summed E-state index contributed by atoms with van der Waals surface area (Å²) >= 11 is 1.82. The van der Waals surface area contributed by atoms with Crippen molar-refractivity contribution < 1.29 is 39.5 Å². The second-order valence-electron chi connectivity index (χ2n) is 12.8. The van der Waals surface area contributed by atoms with E-state index in [1.165, 1.54) is 18.9 Å². The van der Waals surface area contributed by atoms with E-state index in [1.54, 1.807) is 25.1 Å². The third-order valence-electron chi connectivity index (χ3n) is 10.1. The van der Waals surface area contributed by atoms with E-state index in [2.05, 4.69) is 5.32 Å². The van der Waals surface area contributed by atoms with Crippen LogP contribution in [0.1, 0.15) is 49.1 Å². The molecule has 1 aromatic rings. The zero-order valence-electron chi connectivity index (χ0n) is 25.1. The van der Waals surface area contributed by atoms with E-state index < -0.39 is 58.0 Å². The maximum atomic E-state index is 14.5. The highest BCUT2D eigenvalue weighted by molar-refractivity contribution is 7.99. The average Bonchev–Trinajstić information content (AvgIpc) is 3.52. The number of phenols is 1. The van der Waals surface area contributed by atoms with Gasteiger partial charge in [0.15, 0.2) is 11.4 Å². The number of hydrogen-bond donors (Lipinski definition) is 5. The Morgan fingerprint density at radius 1 is 1.14 bits per heavy atom. The number of morpholine rings is 1. The van der Waals surface area contributed by atoms with E-state index in [9.17, 15) is 34.8 Å². The Hall–Kier alpha value is -2.90. The number of nitrogens with zero attached hydrogens (tertiary/aromatic N) is 2. The van der Waals surface area contributed by atoms with Crippen LogP contribution in [0.2, 0.25) is 0 Å². The standard InChI is InChI=1S/C32H41N3O8S/c1-34(2)26-21-14-19-20(15-44-17-6-3-4-7-17)18-8-5-9-22(36)23(18)27(37)24(19)29(39)32(21,42)30(40)25(28(26)38)31(41)33-16-35-10-12-43-13-11-35/h5,8-9,17,19-21,26,36-37,40,42H,3-4,6-7,10-16H2,1-2H3,(H,33,41). The van der Waals surface area contributed by atoms with Gasteiger partial charge in [-0.1, -0.05) is 25.0 Å². The molecule has 44 heavy (non-hydrogen) atoms. The first-order chi connectivity index (χ1) is 21.1. The molecular formula is C32H41N3O8S. The van der Waals surface area contributed by atoms with Gasteiger partial charge in [0.2, 0.25) is 5.78 Å². The van der Waals surface area contributed by atoms with E-state index in [0.29, 0.717) is 42.9 Å². The van der Waals surface area contributed by atoms with E-state index in [0.717, 1.165) is 12.8 Å². The van der Waals surface area contributed by atoms with Crippen LogP contribution in [0.3, 0.4) is 0 Å². The van der Waals surface area contributed by atoms with Crippen LogP contribution in [-0.4, -0.2) is 117 Å². The number of aliphatic hydroxyl groups excluding tert-OH is 2. The number of likely N-dealkylation sites (N-methyl/N-ethyl adjacent to an activating group) is 1. The first kappa shape index (κ1) is 31.1. The molecule has 0 aromatic heterocycles. The molecule has 0 bridgehead atoms. The summed E-state index contributed by atoms with van der Waals surface area (Å²) in [5, 5.41) is 49.2. The average molecular weight is 628 g/mol. The Labute approximate surface area is 260 Å². The zero-order chi connectivity index (χ0) is 31.3. The molecule has 0 spiro atoms. The lowest BCUT2D eigenvalue weighted by molar-refractivity contribution is -0.154. The number of hydrogen-bond acceptors (Lipinski definition) is 11. The van der Waals surface area contributed by atoms with Crippen LogP contribution < -0.4 is 5.32 Å². The number of nitrogens with one attached hydrogen (secondary N) is 1. The molecule has 2 saturated carbocycles. The predicted molar refractivity (Wildman–Crippen MR) is 164 cm³/mol. The summed E-state index contributed by atoms with van der Waals surface area (Å²) in [5.74, 6) is -5.43. The monoisotopic (exact) mass is 627 g/mol. The molecule has 1 heterocycles. The Morgan fingerprint density at radius 3 is 2.52 bits per heavy atom. The number of ether oxygens (including phenoxy) is 1. The number of aromatic hydroxyl groups is 1. The van der Waals surface area contributed by atoms with Gasteiger partial charge in [-0.05, 0) is 50.9 Å². The lowest BCUT2D eigenvalue weighted by Crippen LogP contribution is -2.66. The number of rotatable bonds is 7. The Bertz CT molecular complexity index is 1410. The van der Waals surface area contributed by atoms with Crippen molar-refractivity contribution in [3.05, 3.63) is 46.2 Å². The SMILES string of the molecule is CN(C)C1C(=O)C(C(=O)NCN2CCOCC2)=C(O)C2(O)C(=O)C3=C(O)c4c(O)cccc4C(CSC4CCCC4)C3CC12. The highest BCUT2D eigenvalue weighted by Crippen LogP contribution is 2.57. The maximum absolute atomic E-state index is 14.5. The van der Waals surface area contributed by atoms with Crippen molar-refractivity contribution in [3.63, 3.8) is 0 Å². The highest BCUT2D eigenvalue weighted by Gasteiger charge is 2.65. The molecule has 1 aromatic carbocycles. The molecule has 5 atom stereocenters. The van der Waals surface area contributed by atoms with Crippen molar-refractivity contribution in [2.45, 2.75) is 54.9 Å². The fourth-order valence-electron chi connectivity index (χ4n) is 7.85. The Morgan fingerprint density at radius 2 is 1.84 bits per heavy atom. The summed E-state index contributed by atoms with van der Waals surface area (Å²) in [5.41, 5.74) is -2.50. The fraction of sp³-hybridized carbons (Fsp3) is 0.594. The van der Waals surface area contributed by atoms with Gasteiger partial charge in [0.1, 0.15) is 22.8 Å². The van der Waals surface area contributed by atoms with E-state index >= 15 is 0 Å². The summed E-state index contributed by atoms with van der Waals surface area (Å²) < 4.78 is 5.34. The minimum Gasteiger partial charge on any atom is -0.508 e. The maximum Gasteiger partial charge on any atom is 0.259 e. The normalized spacial score (nSPS) is 31.3. The number of benzene rings is 1. The van der Waals surface area contributed by atoms with E-state index in [4.69, 9.17) is 4.74 Å². The van der Waals surface area contributed by atoms with Gasteiger partial charge in [-0.2, -0.15) is 11.8 Å². The van der Waals surface area contributed by atoms with Gasteiger partial charge in [-0.3, -0.25) is 24.2 Å². The number of aliphatic hydroxyl groups is 3. The second-order valence-corrected chi connectivity index (χ2v) is 14.1. The van der Waals surface area contributed by atoms with Gasteiger partial charge < -0.3 is 30.5 Å². The predicted octanol–water partition coefficient (Wildman–Crippen LogP) is 2.10. The molecule has 5 aliphatic rings. The highest BCUT2D eigenvalue weighted by atomic mass is 32.2. The van der Waals surface area contributed by atoms with Crippen molar-refractivity contribution in [1.29, 1.82) is 0 Å². The summed E-state index contributed by atoms with van der Waals surface area (Å²) in [6, 6.07) is 3.92. The van der Waals surface area contributed by atoms with Crippen LogP contribution in [0.5, 0.6) is 5.75 Å². The van der Waals surface area contributed by atoms with Gasteiger partial charge in [-0.15, -0.1) is 0 Å². The van der Waals surface area contributed by atoms with Gasteiger partial charge in [0, 0.05) is 41.5 Å². The van der Waals surface area contributed by atoms with Crippen LogP contribution >= 0.6 is 11.8 Å². The number of ketones is 2. The molecule has 5 N–H and O–H groups in total. The van der Waals surface area contributed by atoms with Crippen LogP contribution in [0, 0.1) is 11.8 Å². The number of fused-ring (bicyclic) bond motifs is 3. The van der Waals surface area contributed by atoms with Gasteiger partial charge >= 0.3 is 0 Å². The van der Waals surface area contributed by atoms with Crippen LogP contribution in [0.15, 0.2) is 35.1 Å². The van der Waals surface area contributed by atoms with Crippen molar-refractivity contribution in [2.75, 3.05) is 52.8 Å². The zero-order valence-corrected chi connectivity index (χ0v) is 25.9. The molecule has 0 radical (unpaired) electrons. The summed E-state index contributed by atoms with van der Waals surface area (Å²) in [6.07, 6.45) is 4.66. The third kappa shape index (κ3) is 5.04. The summed E-state index contributed by atoms with van der Waals surface area (Å²) in [7, 11) is 3.28. The number of carbonyl (C=O) groups is 3. The molecule has 11 nitrogen and oxygen atoms in total. The largest absolute Gasteiger partial charge is 0.508 e. The minimum atomic E-state index is -2.63. The lowest BCUT2D eigenvalue weighted by atomic mass is 9.55. The number of carbonyl (C=O) groups excluding carboxylic acids is 3. The van der Waals surface area contributed by atoms with Crippen molar-refractivity contribution in [1.82, 2.24) is 15.1 Å². The van der Waals surface area contributed by atoms with Gasteiger partial charge in [0.05, 0.1) is 31.5 Å². The van der Waals surface area contributed by atoms with E-state index in [-0.39, 0.29) is 35.9 Å². The quantitative estimate of drug-likeness (QED) is 0.282. The molecule has 238 valence electrons. The van der Waals surface area contributed by atoms with Crippen molar-refractivity contribution in [2.24, 2.45) is 11.8 Å². The molecule has 6 rings (SSSR count). The smallest absolute Gasteiger partial charge is 0.259 e. The Kier molecular flexibility index (Phi) is 8.57. The molecule has 3 fully saturated rings. The number of phenolic OH excluding ortho intramolecular Hbond substituents is 1. The van der Waals surface area contributed by atoms with Crippen LogP contribution in [0.4, 0.5) is 0 Å². The Balaban J connectivity index is 1.41. The summed E-state index contributed by atoms with van der Waals surface area (Å²) in [4.78, 5) is 45.3. The van der Waals surface area contributed by atoms with E-state index in [1.807, 2.05) is 22.7 Å². The molecule has 5 unspecified atom stereocenters. The second kappa shape index (κ2) is 12.1. The fourth-order valence-corrected chi connectivity index (χ4v) is 9.41. The number of thioether (sulfide) groups is 1.